The molecule has 0 aromatic heterocycles. The predicted molar refractivity (Wildman–Crippen MR) is 69.5 cm³/mol. The number of aliphatic carboxylic acids is 1. The van der Waals surface area contributed by atoms with Gasteiger partial charge in [-0.25, -0.2) is 9.18 Å². The highest BCUT2D eigenvalue weighted by atomic mass is 19.4. The summed E-state index contributed by atoms with van der Waals surface area (Å²) in [6.45, 7) is 1.96. The van der Waals surface area contributed by atoms with Crippen LogP contribution in [0.3, 0.4) is 0 Å². The van der Waals surface area contributed by atoms with Crippen molar-refractivity contribution in [2.24, 2.45) is 5.73 Å². The van der Waals surface area contributed by atoms with Gasteiger partial charge in [0.15, 0.2) is 0 Å². The maximum Gasteiger partial charge on any atom is 0.490 e. The van der Waals surface area contributed by atoms with E-state index in [1.54, 1.807) is 0 Å². The molecule has 4 nitrogen and oxygen atoms in total. The van der Waals surface area contributed by atoms with Crippen molar-refractivity contribution in [1.82, 2.24) is 0 Å². The molecule has 0 atom stereocenters. The molecule has 0 radical (unpaired) electrons. The first-order valence-corrected chi connectivity index (χ1v) is 6.26. The smallest absolute Gasteiger partial charge is 0.475 e. The molecule has 3 N–H and O–H groups in total. The third-order valence-electron chi connectivity index (χ3n) is 2.97. The third kappa shape index (κ3) is 5.99. The van der Waals surface area contributed by atoms with Gasteiger partial charge in [0.25, 0.3) is 0 Å². The van der Waals surface area contributed by atoms with Crippen LogP contribution >= 0.6 is 0 Å². The van der Waals surface area contributed by atoms with E-state index in [0.717, 1.165) is 31.6 Å². The Morgan fingerprint density at radius 2 is 1.62 bits per heavy atom. The second-order valence-corrected chi connectivity index (χ2v) is 4.60. The van der Waals surface area contributed by atoms with Crippen LogP contribution in [0.5, 0.6) is 0 Å². The number of piperidine rings is 1. The van der Waals surface area contributed by atoms with Gasteiger partial charge in [-0.05, 0) is 37.1 Å². The topological polar surface area (TPSA) is 66.6 Å². The minimum atomic E-state index is -5.08. The van der Waals surface area contributed by atoms with Crippen molar-refractivity contribution in [2.75, 3.05) is 18.0 Å². The lowest BCUT2D eigenvalue weighted by molar-refractivity contribution is -0.192. The molecule has 0 amide bonds. The van der Waals surface area contributed by atoms with Gasteiger partial charge in [-0.15, -0.1) is 0 Å². The lowest BCUT2D eigenvalue weighted by atomic mass is 10.1. The Balaban J connectivity index is 0.000000270. The first kappa shape index (κ1) is 17.2. The molecule has 1 aliphatic heterocycles. The van der Waals surface area contributed by atoms with E-state index in [4.69, 9.17) is 15.6 Å². The van der Waals surface area contributed by atoms with Crippen LogP contribution < -0.4 is 10.6 Å². The molecule has 1 aromatic rings. The monoisotopic (exact) mass is 308 g/mol. The summed E-state index contributed by atoms with van der Waals surface area (Å²) in [5, 5.41) is 7.12. The van der Waals surface area contributed by atoms with E-state index in [2.05, 4.69) is 4.90 Å². The molecule has 118 valence electrons. The number of halogens is 4. The summed E-state index contributed by atoms with van der Waals surface area (Å²) in [5.74, 6) is -2.94. The van der Waals surface area contributed by atoms with Gasteiger partial charge in [-0.3, -0.25) is 0 Å². The van der Waals surface area contributed by atoms with Crippen LogP contribution in [0.1, 0.15) is 12.8 Å². The quantitative estimate of drug-likeness (QED) is 0.782. The van der Waals surface area contributed by atoms with Gasteiger partial charge in [-0.1, -0.05) is 0 Å². The second kappa shape index (κ2) is 7.26. The number of anilines is 1. The normalized spacial score (nSPS) is 16.1. The van der Waals surface area contributed by atoms with Crippen molar-refractivity contribution >= 4 is 11.7 Å². The molecule has 0 bridgehead atoms. The van der Waals surface area contributed by atoms with E-state index in [9.17, 15) is 17.6 Å². The van der Waals surface area contributed by atoms with E-state index >= 15 is 0 Å². The number of benzene rings is 1. The second-order valence-electron chi connectivity index (χ2n) is 4.60. The molecular formula is C13H16F4N2O2. The zero-order valence-corrected chi connectivity index (χ0v) is 11.1. The minimum Gasteiger partial charge on any atom is -0.475 e. The van der Waals surface area contributed by atoms with Crippen molar-refractivity contribution < 1.29 is 27.5 Å². The van der Waals surface area contributed by atoms with Gasteiger partial charge >= 0.3 is 12.1 Å². The average molecular weight is 308 g/mol. The fourth-order valence-electron chi connectivity index (χ4n) is 1.81. The fourth-order valence-corrected chi connectivity index (χ4v) is 1.81. The molecule has 0 aliphatic carbocycles. The largest absolute Gasteiger partial charge is 0.490 e. The number of carboxylic acid groups (broad SMARTS) is 1. The summed E-state index contributed by atoms with van der Waals surface area (Å²) in [5.41, 5.74) is 6.91. The molecule has 1 heterocycles. The zero-order chi connectivity index (χ0) is 16.0. The van der Waals surface area contributed by atoms with Gasteiger partial charge in [0.1, 0.15) is 5.82 Å². The number of nitrogens with two attached hydrogens (primary N) is 1. The summed E-state index contributed by atoms with van der Waals surface area (Å²) in [6, 6.07) is 7.00. The van der Waals surface area contributed by atoms with Gasteiger partial charge in [0.05, 0.1) is 0 Å². The molecule has 1 aliphatic rings. The lowest BCUT2D eigenvalue weighted by Gasteiger charge is -2.31. The molecule has 21 heavy (non-hydrogen) atoms. The van der Waals surface area contributed by atoms with Crippen LogP contribution in [0, 0.1) is 5.82 Å². The molecule has 1 aromatic carbocycles. The summed E-state index contributed by atoms with van der Waals surface area (Å²) in [6.07, 6.45) is -3.03. The third-order valence-corrected chi connectivity index (χ3v) is 2.97. The average Bonchev–Trinajstić information content (AvgIpc) is 2.40. The van der Waals surface area contributed by atoms with Gasteiger partial charge in [0.2, 0.25) is 0 Å². The summed E-state index contributed by atoms with van der Waals surface area (Å²) >= 11 is 0. The highest BCUT2D eigenvalue weighted by Crippen LogP contribution is 2.19. The number of hydrogen-bond donors (Lipinski definition) is 2. The number of alkyl halides is 3. The summed E-state index contributed by atoms with van der Waals surface area (Å²) in [4.78, 5) is 11.1. The van der Waals surface area contributed by atoms with Crippen molar-refractivity contribution in [3.63, 3.8) is 0 Å². The fraction of sp³-hybridized carbons (Fsp3) is 0.462. The Kier molecular flexibility index (Phi) is 5.95. The lowest BCUT2D eigenvalue weighted by Crippen LogP contribution is -2.39. The molecule has 1 saturated heterocycles. The Labute approximate surface area is 119 Å². The van der Waals surface area contributed by atoms with Crippen molar-refractivity contribution in [3.05, 3.63) is 30.1 Å². The molecule has 0 saturated carbocycles. The standard InChI is InChI=1S/C11H15FN2.C2HF3O2/c12-9-1-3-11(4-2-9)14-7-5-10(13)6-8-14;3-2(4,5)1(6)7/h1-4,10H,5-8,13H2;(H,6,7). The molecule has 0 unspecified atom stereocenters. The van der Waals surface area contributed by atoms with E-state index in [1.807, 2.05) is 12.1 Å². The zero-order valence-electron chi connectivity index (χ0n) is 11.1. The van der Waals surface area contributed by atoms with E-state index in [-0.39, 0.29) is 5.82 Å². The first-order chi connectivity index (χ1) is 9.70. The maximum absolute atomic E-state index is 12.7. The van der Waals surface area contributed by atoms with E-state index in [0.29, 0.717) is 6.04 Å². The van der Waals surface area contributed by atoms with Crippen LogP contribution in [0.25, 0.3) is 0 Å². The predicted octanol–water partition coefficient (Wildman–Crippen LogP) is 2.39. The highest BCUT2D eigenvalue weighted by molar-refractivity contribution is 5.73. The Hall–Kier alpha value is -1.83. The van der Waals surface area contributed by atoms with Gasteiger partial charge in [-0.2, -0.15) is 13.2 Å². The summed E-state index contributed by atoms with van der Waals surface area (Å²) < 4.78 is 44.4. The number of nitrogens with zero attached hydrogens (tertiary/aromatic N) is 1. The van der Waals surface area contributed by atoms with E-state index < -0.39 is 12.1 Å². The number of hydrogen-bond acceptors (Lipinski definition) is 3. The van der Waals surface area contributed by atoms with Crippen molar-refractivity contribution in [1.29, 1.82) is 0 Å². The van der Waals surface area contributed by atoms with Crippen LogP contribution in [0.15, 0.2) is 24.3 Å². The number of carboxylic acids is 1. The van der Waals surface area contributed by atoms with Crippen LogP contribution in [-0.4, -0.2) is 36.4 Å². The Bertz CT molecular complexity index is 454. The number of carbonyl (C=O) groups is 1. The van der Waals surface area contributed by atoms with Gasteiger partial charge in [0, 0.05) is 24.8 Å². The van der Waals surface area contributed by atoms with Crippen molar-refractivity contribution in [2.45, 2.75) is 25.1 Å². The van der Waals surface area contributed by atoms with Gasteiger partial charge < -0.3 is 15.7 Å². The van der Waals surface area contributed by atoms with Crippen molar-refractivity contribution in [3.8, 4) is 0 Å². The molecule has 8 heteroatoms. The Morgan fingerprint density at radius 3 is 2.00 bits per heavy atom. The minimum absolute atomic E-state index is 0.178. The highest BCUT2D eigenvalue weighted by Gasteiger charge is 2.38. The Morgan fingerprint density at radius 1 is 1.19 bits per heavy atom. The SMILES string of the molecule is NC1CCN(c2ccc(F)cc2)CC1.O=C(O)C(F)(F)F. The molecule has 0 spiro atoms. The summed E-state index contributed by atoms with van der Waals surface area (Å²) in [7, 11) is 0. The molecule has 1 fully saturated rings. The first-order valence-electron chi connectivity index (χ1n) is 6.26. The van der Waals surface area contributed by atoms with Crippen LogP contribution in [0.4, 0.5) is 23.2 Å². The molecular weight excluding hydrogens is 292 g/mol. The van der Waals surface area contributed by atoms with E-state index in [1.165, 1.54) is 12.1 Å². The van der Waals surface area contributed by atoms with Crippen LogP contribution in [0.2, 0.25) is 0 Å². The van der Waals surface area contributed by atoms with Crippen LogP contribution in [-0.2, 0) is 4.79 Å². The maximum atomic E-state index is 12.7. The number of rotatable bonds is 1. The molecule has 2 rings (SSSR count).